The van der Waals surface area contributed by atoms with Gasteiger partial charge < -0.3 is 19.7 Å². The van der Waals surface area contributed by atoms with E-state index in [1.54, 1.807) is 28.1 Å². The molecule has 1 aromatic carbocycles. The number of carbonyl (C=O) groups is 1. The lowest BCUT2D eigenvalue weighted by atomic mass is 10.1. The van der Waals surface area contributed by atoms with E-state index in [1.807, 2.05) is 31.9 Å². The predicted octanol–water partition coefficient (Wildman–Crippen LogP) is 1.41. The first-order valence-electron chi connectivity index (χ1n) is 7.95. The first-order valence-corrected chi connectivity index (χ1v) is 7.95. The van der Waals surface area contributed by atoms with Gasteiger partial charge in [-0.05, 0) is 18.2 Å². The van der Waals surface area contributed by atoms with E-state index in [9.17, 15) is 9.18 Å². The van der Waals surface area contributed by atoms with Crippen molar-refractivity contribution < 1.29 is 9.18 Å². The van der Waals surface area contributed by atoms with Crippen molar-refractivity contribution in [3.05, 3.63) is 47.8 Å². The van der Waals surface area contributed by atoms with Crippen molar-refractivity contribution in [2.75, 3.05) is 38.6 Å². The largest absolute Gasteiger partial charge is 0.378 e. The fourth-order valence-corrected chi connectivity index (χ4v) is 2.99. The Morgan fingerprint density at radius 3 is 2.83 bits per heavy atom. The maximum atomic E-state index is 14.5. The number of piperazine rings is 1. The van der Waals surface area contributed by atoms with Crippen LogP contribution in [0.15, 0.2) is 30.6 Å². The van der Waals surface area contributed by atoms with Gasteiger partial charge in [0.2, 0.25) is 0 Å². The van der Waals surface area contributed by atoms with Crippen molar-refractivity contribution in [3.63, 3.8) is 0 Å². The number of hydrogen-bond acceptors (Lipinski definition) is 4. The molecular weight excluding hydrogens is 309 g/mol. The van der Waals surface area contributed by atoms with Crippen molar-refractivity contribution in [2.45, 2.75) is 6.04 Å². The van der Waals surface area contributed by atoms with E-state index in [-0.39, 0.29) is 17.5 Å². The summed E-state index contributed by atoms with van der Waals surface area (Å²) >= 11 is 0. The molecule has 2 heterocycles. The molecule has 3 rings (SSSR count). The highest BCUT2D eigenvalue weighted by molar-refractivity contribution is 5.95. The minimum atomic E-state index is -0.497. The van der Waals surface area contributed by atoms with Crippen molar-refractivity contribution in [1.82, 2.24) is 19.8 Å². The number of imidazole rings is 1. The number of nitrogens with one attached hydrogen (secondary N) is 1. The van der Waals surface area contributed by atoms with Crippen LogP contribution in [0.25, 0.3) is 0 Å². The Hall–Kier alpha value is -2.41. The van der Waals surface area contributed by atoms with Crippen LogP contribution in [-0.2, 0) is 7.05 Å². The topological polar surface area (TPSA) is 53.4 Å². The summed E-state index contributed by atoms with van der Waals surface area (Å²) in [5, 5.41) is 3.28. The number of amides is 1. The summed E-state index contributed by atoms with van der Waals surface area (Å²) in [6.45, 7) is 1.81. The van der Waals surface area contributed by atoms with Crippen LogP contribution in [0, 0.1) is 5.82 Å². The van der Waals surface area contributed by atoms with Gasteiger partial charge in [-0.15, -0.1) is 0 Å². The van der Waals surface area contributed by atoms with Crippen LogP contribution in [0.1, 0.15) is 22.2 Å². The summed E-state index contributed by atoms with van der Waals surface area (Å²) in [7, 11) is 5.57. The van der Waals surface area contributed by atoms with Gasteiger partial charge in [-0.25, -0.2) is 9.37 Å². The summed E-state index contributed by atoms with van der Waals surface area (Å²) in [4.78, 5) is 20.8. The van der Waals surface area contributed by atoms with E-state index in [1.165, 1.54) is 6.07 Å². The number of anilines is 1. The molecule has 1 aromatic heterocycles. The van der Waals surface area contributed by atoms with Crippen LogP contribution < -0.4 is 10.2 Å². The smallest absolute Gasteiger partial charge is 0.257 e. The Kier molecular flexibility index (Phi) is 4.53. The maximum Gasteiger partial charge on any atom is 0.257 e. The molecule has 128 valence electrons. The number of carbonyl (C=O) groups excluding carboxylic acids is 1. The minimum absolute atomic E-state index is 0.0988. The molecule has 7 heteroatoms. The molecule has 1 saturated heterocycles. The second-order valence-corrected chi connectivity index (χ2v) is 6.17. The Morgan fingerprint density at radius 2 is 2.21 bits per heavy atom. The number of halogens is 1. The molecule has 1 aliphatic rings. The molecule has 24 heavy (non-hydrogen) atoms. The zero-order valence-corrected chi connectivity index (χ0v) is 14.2. The molecule has 0 aliphatic carbocycles. The monoisotopic (exact) mass is 331 g/mol. The second-order valence-electron chi connectivity index (χ2n) is 6.17. The molecule has 2 aromatic rings. The summed E-state index contributed by atoms with van der Waals surface area (Å²) in [6, 6.07) is 4.50. The molecule has 6 nitrogen and oxygen atoms in total. The third kappa shape index (κ3) is 2.99. The fraction of sp³-hybridized carbons (Fsp3) is 0.412. The SMILES string of the molecule is CN(C)c1ccc(C(=O)N2CCNCC2c2nccn2C)c(F)c1. The van der Waals surface area contributed by atoms with Crippen LogP contribution in [-0.4, -0.2) is 54.1 Å². The van der Waals surface area contributed by atoms with Crippen molar-refractivity contribution in [3.8, 4) is 0 Å². The Balaban J connectivity index is 1.91. The van der Waals surface area contributed by atoms with Gasteiger partial charge in [0.05, 0.1) is 5.56 Å². The van der Waals surface area contributed by atoms with Gasteiger partial charge >= 0.3 is 0 Å². The standard InChI is InChI=1S/C17H22FN5O/c1-21(2)12-4-5-13(14(18)10-12)17(24)23-9-6-19-11-15(23)16-20-7-8-22(16)3/h4-5,7-8,10,15,19H,6,9,11H2,1-3H3. The van der Waals surface area contributed by atoms with E-state index in [2.05, 4.69) is 10.3 Å². The van der Waals surface area contributed by atoms with Crippen LogP contribution in [0.4, 0.5) is 10.1 Å². The van der Waals surface area contributed by atoms with E-state index < -0.39 is 5.82 Å². The van der Waals surface area contributed by atoms with Crippen LogP contribution in [0.2, 0.25) is 0 Å². The molecule has 0 saturated carbocycles. The lowest BCUT2D eigenvalue weighted by Gasteiger charge is -2.36. The lowest BCUT2D eigenvalue weighted by molar-refractivity contribution is 0.0616. The van der Waals surface area contributed by atoms with E-state index in [0.717, 1.165) is 11.5 Å². The highest BCUT2D eigenvalue weighted by atomic mass is 19.1. The normalized spacial score (nSPS) is 17.8. The molecule has 0 spiro atoms. The highest BCUT2D eigenvalue weighted by Crippen LogP contribution is 2.25. The molecular formula is C17H22FN5O. The van der Waals surface area contributed by atoms with Gasteiger partial charge in [-0.2, -0.15) is 0 Å². The Labute approximate surface area is 140 Å². The van der Waals surface area contributed by atoms with Crippen molar-refractivity contribution >= 4 is 11.6 Å². The van der Waals surface area contributed by atoms with Crippen molar-refractivity contribution in [2.24, 2.45) is 7.05 Å². The fourth-order valence-electron chi connectivity index (χ4n) is 2.99. The molecule has 1 aliphatic heterocycles. The van der Waals surface area contributed by atoms with Gasteiger partial charge in [-0.3, -0.25) is 4.79 Å². The maximum absolute atomic E-state index is 14.5. The Morgan fingerprint density at radius 1 is 1.42 bits per heavy atom. The van der Waals surface area contributed by atoms with Crippen LogP contribution >= 0.6 is 0 Å². The molecule has 1 N–H and O–H groups in total. The van der Waals surface area contributed by atoms with Crippen LogP contribution in [0.3, 0.4) is 0 Å². The average molecular weight is 331 g/mol. The van der Waals surface area contributed by atoms with Crippen molar-refractivity contribution in [1.29, 1.82) is 0 Å². The predicted molar refractivity (Wildman–Crippen MR) is 90.6 cm³/mol. The van der Waals surface area contributed by atoms with Gasteiger partial charge in [0.15, 0.2) is 0 Å². The first kappa shape index (κ1) is 16.4. The quantitative estimate of drug-likeness (QED) is 0.924. The number of hydrogen-bond donors (Lipinski definition) is 1. The minimum Gasteiger partial charge on any atom is -0.378 e. The summed E-state index contributed by atoms with van der Waals surface area (Å²) in [5.41, 5.74) is 0.826. The summed E-state index contributed by atoms with van der Waals surface area (Å²) < 4.78 is 16.3. The van der Waals surface area contributed by atoms with Gasteiger partial charge in [0.25, 0.3) is 5.91 Å². The van der Waals surface area contributed by atoms with Crippen LogP contribution in [0.5, 0.6) is 0 Å². The number of nitrogens with zero attached hydrogens (tertiary/aromatic N) is 4. The Bertz CT molecular complexity index is 742. The lowest BCUT2D eigenvalue weighted by Crippen LogP contribution is -2.49. The number of benzene rings is 1. The molecule has 1 atom stereocenters. The number of aromatic nitrogens is 2. The molecule has 0 bridgehead atoms. The van der Waals surface area contributed by atoms with E-state index in [4.69, 9.17) is 0 Å². The first-order chi connectivity index (χ1) is 11.5. The van der Waals surface area contributed by atoms with E-state index >= 15 is 0 Å². The zero-order valence-electron chi connectivity index (χ0n) is 14.2. The molecule has 1 fully saturated rings. The molecule has 0 radical (unpaired) electrons. The molecule has 1 unspecified atom stereocenters. The summed E-state index contributed by atoms with van der Waals surface area (Å²) in [5.74, 6) is -0.00324. The van der Waals surface area contributed by atoms with Gasteiger partial charge in [0.1, 0.15) is 17.7 Å². The number of aryl methyl sites for hydroxylation is 1. The average Bonchev–Trinajstić information content (AvgIpc) is 3.00. The highest BCUT2D eigenvalue weighted by Gasteiger charge is 2.32. The zero-order chi connectivity index (χ0) is 17.3. The number of rotatable bonds is 3. The van der Waals surface area contributed by atoms with E-state index in [0.29, 0.717) is 19.6 Å². The third-order valence-electron chi connectivity index (χ3n) is 4.36. The third-order valence-corrected chi connectivity index (χ3v) is 4.36. The van der Waals surface area contributed by atoms with Gasteiger partial charge in [0, 0.05) is 58.9 Å². The summed E-state index contributed by atoms with van der Waals surface area (Å²) in [6.07, 6.45) is 3.55. The van der Waals surface area contributed by atoms with Gasteiger partial charge in [-0.1, -0.05) is 0 Å². The molecule has 1 amide bonds. The second kappa shape index (κ2) is 6.60.